The molecule has 0 aromatic heterocycles. The first kappa shape index (κ1) is 5.98. The largest absolute Gasteiger partial charge is 0.394 e. The van der Waals surface area contributed by atoms with Gasteiger partial charge < -0.3 is 9.84 Å². The van der Waals surface area contributed by atoms with Crippen molar-refractivity contribution < 1.29 is 14.2 Å². The fourth-order valence-electron chi connectivity index (χ4n) is 0.666. The van der Waals surface area contributed by atoms with Crippen molar-refractivity contribution in [1.82, 2.24) is 0 Å². The number of aliphatic hydroxyl groups is 1. The number of rotatable bonds is 1. The molecule has 1 aliphatic rings. The second kappa shape index (κ2) is 2.42. The van der Waals surface area contributed by atoms with E-state index in [1.54, 1.807) is 0 Å². The molecule has 2 nitrogen and oxygen atoms in total. The summed E-state index contributed by atoms with van der Waals surface area (Å²) in [5.41, 5.74) is 0. The quantitative estimate of drug-likeness (QED) is 0.536. The summed E-state index contributed by atoms with van der Waals surface area (Å²) in [6.07, 6.45) is -1.29. The van der Waals surface area contributed by atoms with Crippen molar-refractivity contribution >= 4 is 0 Å². The van der Waals surface area contributed by atoms with E-state index in [1.165, 1.54) is 6.61 Å². The number of halogens is 1. The van der Waals surface area contributed by atoms with Crippen LogP contribution in [0.2, 0.25) is 0 Å². The number of alkyl halides is 1. The summed E-state index contributed by atoms with van der Waals surface area (Å²) < 4.78 is 16.9. The highest BCUT2D eigenvalue weighted by Crippen LogP contribution is 2.18. The molecule has 47 valence electrons. The Balaban J connectivity index is 2.30. The third kappa shape index (κ3) is 0.980. The normalized spacial score (nSPS) is 38.2. The van der Waals surface area contributed by atoms with Crippen LogP contribution in [0.25, 0.3) is 0 Å². The van der Waals surface area contributed by atoms with Gasteiger partial charge in [-0.05, 0) is 0 Å². The lowest BCUT2D eigenvalue weighted by molar-refractivity contribution is 0.0500. The van der Waals surface area contributed by atoms with Crippen LogP contribution in [0.4, 0.5) is 4.39 Å². The minimum Gasteiger partial charge on any atom is -0.394 e. The van der Waals surface area contributed by atoms with Crippen LogP contribution in [0.1, 0.15) is 6.42 Å². The van der Waals surface area contributed by atoms with Crippen molar-refractivity contribution in [2.75, 3.05) is 6.61 Å². The van der Waals surface area contributed by atoms with Gasteiger partial charge in [-0.3, -0.25) is 0 Å². The summed E-state index contributed by atoms with van der Waals surface area (Å²) in [6, 6.07) is 0. The van der Waals surface area contributed by atoms with Crippen molar-refractivity contribution in [3.63, 3.8) is 0 Å². The average Bonchev–Trinajstić information content (AvgIpc) is 2.14. The maximum absolute atomic E-state index is 12.3. The number of hydrogen-bond acceptors (Lipinski definition) is 2. The molecule has 0 bridgehead atoms. The second-order valence-electron chi connectivity index (χ2n) is 1.78. The number of hydrogen-bond donors (Lipinski definition) is 1. The molecule has 0 spiro atoms. The van der Waals surface area contributed by atoms with E-state index in [4.69, 9.17) is 5.11 Å². The molecular weight excluding hydrogens is 111 g/mol. The van der Waals surface area contributed by atoms with Crippen LogP contribution in [0, 0.1) is 6.61 Å². The minimum absolute atomic E-state index is 0.225. The lowest BCUT2D eigenvalue weighted by atomic mass is 10.2. The van der Waals surface area contributed by atoms with Gasteiger partial charge in [0.2, 0.25) is 0 Å². The standard InChI is InChI=1S/C5H8FO2/c6-4-1-2-8-5(4)3-7/h2,4-5,7H,1,3H2/t4-,5-/m1/s1. The van der Waals surface area contributed by atoms with E-state index in [-0.39, 0.29) is 6.61 Å². The van der Waals surface area contributed by atoms with E-state index >= 15 is 0 Å². The molecule has 0 aliphatic carbocycles. The van der Waals surface area contributed by atoms with E-state index in [1.807, 2.05) is 0 Å². The highest BCUT2D eigenvalue weighted by molar-refractivity contribution is 4.80. The maximum Gasteiger partial charge on any atom is 0.131 e. The highest BCUT2D eigenvalue weighted by atomic mass is 19.1. The zero-order valence-electron chi connectivity index (χ0n) is 4.38. The summed E-state index contributed by atoms with van der Waals surface area (Å²) in [7, 11) is 0. The van der Waals surface area contributed by atoms with Crippen molar-refractivity contribution in [2.45, 2.75) is 18.7 Å². The summed E-state index contributed by atoms with van der Waals surface area (Å²) >= 11 is 0. The first-order valence-corrected chi connectivity index (χ1v) is 2.56. The monoisotopic (exact) mass is 119 g/mol. The summed E-state index contributed by atoms with van der Waals surface area (Å²) in [5.74, 6) is 0. The van der Waals surface area contributed by atoms with Crippen LogP contribution in [0.5, 0.6) is 0 Å². The van der Waals surface area contributed by atoms with E-state index in [0.717, 1.165) is 0 Å². The molecule has 0 unspecified atom stereocenters. The fourth-order valence-corrected chi connectivity index (χ4v) is 0.666. The maximum atomic E-state index is 12.3. The van der Waals surface area contributed by atoms with E-state index in [2.05, 4.69) is 4.74 Å². The van der Waals surface area contributed by atoms with E-state index in [9.17, 15) is 4.39 Å². The van der Waals surface area contributed by atoms with Gasteiger partial charge in [0.25, 0.3) is 0 Å². The molecule has 1 saturated heterocycles. The van der Waals surface area contributed by atoms with Crippen molar-refractivity contribution in [1.29, 1.82) is 0 Å². The van der Waals surface area contributed by atoms with Gasteiger partial charge in [-0.15, -0.1) is 0 Å². The van der Waals surface area contributed by atoms with Gasteiger partial charge in [-0.25, -0.2) is 4.39 Å². The molecular formula is C5H8FO2. The zero-order valence-corrected chi connectivity index (χ0v) is 4.38. The molecule has 0 aromatic rings. The second-order valence-corrected chi connectivity index (χ2v) is 1.78. The van der Waals surface area contributed by atoms with E-state index < -0.39 is 12.3 Å². The first-order valence-electron chi connectivity index (χ1n) is 2.56. The Morgan fingerprint density at radius 1 is 1.88 bits per heavy atom. The van der Waals surface area contributed by atoms with Crippen LogP contribution in [0.15, 0.2) is 0 Å². The molecule has 1 rings (SSSR count). The molecule has 0 saturated carbocycles. The van der Waals surface area contributed by atoms with Gasteiger partial charge in [0.15, 0.2) is 0 Å². The van der Waals surface area contributed by atoms with Crippen LogP contribution >= 0.6 is 0 Å². The topological polar surface area (TPSA) is 29.5 Å². The minimum atomic E-state index is -1.00. The van der Waals surface area contributed by atoms with Crippen LogP contribution in [-0.2, 0) is 4.74 Å². The lowest BCUT2D eigenvalue weighted by Crippen LogP contribution is -2.20. The molecule has 8 heavy (non-hydrogen) atoms. The predicted molar refractivity (Wildman–Crippen MR) is 25.8 cm³/mol. The number of aliphatic hydroxyl groups excluding tert-OH is 1. The molecule has 3 heteroatoms. The Kier molecular flexibility index (Phi) is 1.81. The molecule has 2 atom stereocenters. The van der Waals surface area contributed by atoms with Crippen LogP contribution in [0.3, 0.4) is 0 Å². The average molecular weight is 119 g/mol. The number of ether oxygens (including phenoxy) is 1. The van der Waals surface area contributed by atoms with Gasteiger partial charge in [0.05, 0.1) is 13.2 Å². The van der Waals surface area contributed by atoms with Crippen LogP contribution < -0.4 is 0 Å². The Morgan fingerprint density at radius 3 is 2.88 bits per heavy atom. The van der Waals surface area contributed by atoms with Crippen molar-refractivity contribution in [2.24, 2.45) is 0 Å². The Bertz CT molecular complexity index is 76.8. The highest BCUT2D eigenvalue weighted by Gasteiger charge is 2.27. The van der Waals surface area contributed by atoms with Crippen LogP contribution in [-0.4, -0.2) is 24.0 Å². The first-order chi connectivity index (χ1) is 3.84. The SMILES string of the molecule is OC[C@H]1O[CH]C[C@H]1F. The molecule has 1 aliphatic heterocycles. The summed E-state index contributed by atoms with van der Waals surface area (Å²) in [4.78, 5) is 0. The fraction of sp³-hybridized carbons (Fsp3) is 0.800. The van der Waals surface area contributed by atoms with E-state index in [0.29, 0.717) is 6.42 Å². The third-order valence-corrected chi connectivity index (χ3v) is 1.18. The Morgan fingerprint density at radius 2 is 2.62 bits per heavy atom. The molecule has 1 N–H and O–H groups in total. The lowest BCUT2D eigenvalue weighted by Gasteiger charge is -2.05. The van der Waals surface area contributed by atoms with Gasteiger partial charge in [0.1, 0.15) is 12.3 Å². The smallest absolute Gasteiger partial charge is 0.131 e. The van der Waals surface area contributed by atoms with Gasteiger partial charge in [-0.2, -0.15) is 0 Å². The van der Waals surface area contributed by atoms with Gasteiger partial charge in [0, 0.05) is 6.42 Å². The molecule has 0 aromatic carbocycles. The Labute approximate surface area is 47.3 Å². The third-order valence-electron chi connectivity index (χ3n) is 1.18. The molecule has 1 radical (unpaired) electrons. The van der Waals surface area contributed by atoms with Crippen molar-refractivity contribution in [3.8, 4) is 0 Å². The van der Waals surface area contributed by atoms with Gasteiger partial charge in [-0.1, -0.05) is 0 Å². The van der Waals surface area contributed by atoms with Crippen molar-refractivity contribution in [3.05, 3.63) is 6.61 Å². The molecule has 1 fully saturated rings. The van der Waals surface area contributed by atoms with Gasteiger partial charge >= 0.3 is 0 Å². The molecule has 1 heterocycles. The Hall–Kier alpha value is -0.150. The summed E-state index contributed by atoms with van der Waals surface area (Å²) in [6.45, 7) is 1.17. The molecule has 0 amide bonds. The predicted octanol–water partition coefficient (Wildman–Crippen LogP) is 0.267. The zero-order chi connectivity index (χ0) is 5.98. The summed E-state index contributed by atoms with van der Waals surface area (Å²) in [5, 5.41) is 8.35.